The first kappa shape index (κ1) is 14.9. The highest BCUT2D eigenvalue weighted by molar-refractivity contribution is 14.1. The van der Waals surface area contributed by atoms with Gasteiger partial charge in [-0.2, -0.15) is 0 Å². The molecule has 5 heteroatoms. The molecule has 0 aliphatic carbocycles. The van der Waals surface area contributed by atoms with Crippen LogP contribution in [0.4, 0.5) is 4.39 Å². The van der Waals surface area contributed by atoms with Gasteiger partial charge in [0, 0.05) is 3.57 Å². The SMILES string of the molecule is COc1ccc(C(Cl)c2ccc(I)c(Cl)c2)cc1F. The smallest absolute Gasteiger partial charge is 0.165 e. The van der Waals surface area contributed by atoms with E-state index in [4.69, 9.17) is 27.9 Å². The van der Waals surface area contributed by atoms with Crippen LogP contribution in [0.3, 0.4) is 0 Å². The van der Waals surface area contributed by atoms with Gasteiger partial charge in [-0.3, -0.25) is 0 Å². The summed E-state index contributed by atoms with van der Waals surface area (Å²) in [5.41, 5.74) is 1.49. The lowest BCUT2D eigenvalue weighted by Crippen LogP contribution is -1.96. The van der Waals surface area contributed by atoms with Gasteiger partial charge in [-0.1, -0.05) is 23.7 Å². The third kappa shape index (κ3) is 3.33. The van der Waals surface area contributed by atoms with E-state index in [-0.39, 0.29) is 5.75 Å². The van der Waals surface area contributed by atoms with Crippen LogP contribution in [0.25, 0.3) is 0 Å². The number of halogens is 4. The number of rotatable bonds is 3. The Morgan fingerprint density at radius 1 is 1.16 bits per heavy atom. The molecule has 0 saturated carbocycles. The summed E-state index contributed by atoms with van der Waals surface area (Å²) in [6, 6.07) is 10.2. The minimum absolute atomic E-state index is 0.202. The molecule has 2 rings (SSSR count). The van der Waals surface area contributed by atoms with Crippen LogP contribution in [0.15, 0.2) is 36.4 Å². The Morgan fingerprint density at radius 3 is 2.37 bits per heavy atom. The second-order valence-corrected chi connectivity index (χ2v) is 5.94. The molecule has 1 atom stereocenters. The zero-order valence-corrected chi connectivity index (χ0v) is 13.6. The fourth-order valence-electron chi connectivity index (χ4n) is 1.70. The standard InChI is InChI=1S/C14H10Cl2FIO/c1-19-13-5-3-9(7-11(13)17)14(16)8-2-4-12(18)10(15)6-8/h2-7,14H,1H3. The predicted octanol–water partition coefficient (Wildman–Crippen LogP) is 5.42. The molecule has 0 heterocycles. The summed E-state index contributed by atoms with van der Waals surface area (Å²) in [5.74, 6) is -0.226. The number of ether oxygens (including phenoxy) is 1. The number of alkyl halides is 1. The molecule has 2 aromatic rings. The lowest BCUT2D eigenvalue weighted by Gasteiger charge is -2.12. The molecule has 0 spiro atoms. The van der Waals surface area contributed by atoms with Gasteiger partial charge < -0.3 is 4.74 Å². The zero-order valence-electron chi connectivity index (χ0n) is 9.96. The average molecular weight is 411 g/mol. The Morgan fingerprint density at radius 2 is 1.79 bits per heavy atom. The Bertz CT molecular complexity index is 604. The van der Waals surface area contributed by atoms with Crippen molar-refractivity contribution in [2.75, 3.05) is 7.11 Å². The molecule has 100 valence electrons. The Hall–Kier alpha value is -0.520. The van der Waals surface area contributed by atoms with E-state index < -0.39 is 11.2 Å². The number of hydrogen-bond acceptors (Lipinski definition) is 1. The van der Waals surface area contributed by atoms with E-state index in [1.807, 2.05) is 12.1 Å². The Balaban J connectivity index is 2.35. The van der Waals surface area contributed by atoms with Crippen molar-refractivity contribution in [3.63, 3.8) is 0 Å². The lowest BCUT2D eigenvalue weighted by molar-refractivity contribution is 0.386. The monoisotopic (exact) mass is 410 g/mol. The van der Waals surface area contributed by atoms with Crippen LogP contribution >= 0.6 is 45.8 Å². The molecule has 0 amide bonds. The first-order valence-corrected chi connectivity index (χ1v) is 7.34. The van der Waals surface area contributed by atoms with Crippen LogP contribution < -0.4 is 4.74 Å². The second kappa shape index (κ2) is 6.29. The molecule has 0 aliphatic rings. The molecular weight excluding hydrogens is 401 g/mol. The van der Waals surface area contributed by atoms with Crippen LogP contribution in [0, 0.1) is 9.39 Å². The van der Waals surface area contributed by atoms with Gasteiger partial charge in [-0.05, 0) is 58.0 Å². The maximum absolute atomic E-state index is 13.7. The highest BCUT2D eigenvalue weighted by Gasteiger charge is 2.14. The fourth-order valence-corrected chi connectivity index (χ4v) is 2.50. The van der Waals surface area contributed by atoms with E-state index in [0.29, 0.717) is 10.6 Å². The van der Waals surface area contributed by atoms with Crippen molar-refractivity contribution < 1.29 is 9.13 Å². The molecule has 0 saturated heterocycles. The van der Waals surface area contributed by atoms with Crippen molar-refractivity contribution in [1.82, 2.24) is 0 Å². The van der Waals surface area contributed by atoms with Gasteiger partial charge in [-0.25, -0.2) is 4.39 Å². The average Bonchev–Trinajstić information content (AvgIpc) is 2.41. The van der Waals surface area contributed by atoms with Gasteiger partial charge in [0.2, 0.25) is 0 Å². The van der Waals surface area contributed by atoms with Crippen molar-refractivity contribution in [3.05, 3.63) is 61.9 Å². The van der Waals surface area contributed by atoms with Gasteiger partial charge in [0.05, 0.1) is 17.5 Å². The van der Waals surface area contributed by atoms with E-state index in [1.165, 1.54) is 13.2 Å². The molecule has 0 aromatic heterocycles. The molecule has 0 radical (unpaired) electrons. The van der Waals surface area contributed by atoms with Crippen molar-refractivity contribution in [3.8, 4) is 5.75 Å². The van der Waals surface area contributed by atoms with E-state index >= 15 is 0 Å². The van der Waals surface area contributed by atoms with Gasteiger partial charge in [0.25, 0.3) is 0 Å². The minimum Gasteiger partial charge on any atom is -0.494 e. The molecule has 0 N–H and O–H groups in total. The second-order valence-electron chi connectivity index (χ2n) is 3.93. The topological polar surface area (TPSA) is 9.23 Å². The normalized spacial score (nSPS) is 12.3. The van der Waals surface area contributed by atoms with Crippen LogP contribution in [0.5, 0.6) is 5.75 Å². The first-order chi connectivity index (χ1) is 9.02. The molecule has 1 unspecified atom stereocenters. The van der Waals surface area contributed by atoms with E-state index in [0.717, 1.165) is 9.13 Å². The summed E-state index contributed by atoms with van der Waals surface area (Å²) in [5, 5.41) is 0.188. The maximum atomic E-state index is 13.7. The summed E-state index contributed by atoms with van der Waals surface area (Å²) in [6.07, 6.45) is 0. The van der Waals surface area contributed by atoms with Gasteiger partial charge in [0.15, 0.2) is 11.6 Å². The van der Waals surface area contributed by atoms with E-state index in [1.54, 1.807) is 18.2 Å². The van der Waals surface area contributed by atoms with Crippen molar-refractivity contribution in [1.29, 1.82) is 0 Å². The first-order valence-electron chi connectivity index (χ1n) is 5.45. The van der Waals surface area contributed by atoms with Crippen molar-refractivity contribution in [2.45, 2.75) is 5.38 Å². The molecular formula is C14H10Cl2FIO. The third-order valence-corrected chi connectivity index (χ3v) is 4.78. The quantitative estimate of drug-likeness (QED) is 0.484. The highest BCUT2D eigenvalue weighted by atomic mass is 127. The van der Waals surface area contributed by atoms with Crippen molar-refractivity contribution >= 4 is 45.8 Å². The minimum atomic E-state index is -0.449. The number of hydrogen-bond donors (Lipinski definition) is 0. The van der Waals surface area contributed by atoms with Crippen molar-refractivity contribution in [2.24, 2.45) is 0 Å². The highest BCUT2D eigenvalue weighted by Crippen LogP contribution is 2.33. The van der Waals surface area contributed by atoms with Gasteiger partial charge in [-0.15, -0.1) is 11.6 Å². The summed E-state index contributed by atoms with van der Waals surface area (Å²) >= 11 is 14.6. The fraction of sp³-hybridized carbons (Fsp3) is 0.143. The zero-order chi connectivity index (χ0) is 14.0. The van der Waals surface area contributed by atoms with Crippen LogP contribution in [0.2, 0.25) is 5.02 Å². The van der Waals surface area contributed by atoms with E-state index in [2.05, 4.69) is 22.6 Å². The van der Waals surface area contributed by atoms with Crippen LogP contribution in [-0.4, -0.2) is 7.11 Å². The molecule has 1 nitrogen and oxygen atoms in total. The third-order valence-electron chi connectivity index (χ3n) is 2.70. The Kier molecular flexibility index (Phi) is 4.92. The summed E-state index contributed by atoms with van der Waals surface area (Å²) in [7, 11) is 1.43. The lowest BCUT2D eigenvalue weighted by atomic mass is 10.0. The van der Waals surface area contributed by atoms with Gasteiger partial charge >= 0.3 is 0 Å². The number of benzene rings is 2. The van der Waals surface area contributed by atoms with Crippen LogP contribution in [-0.2, 0) is 0 Å². The maximum Gasteiger partial charge on any atom is 0.165 e. The largest absolute Gasteiger partial charge is 0.494 e. The molecule has 19 heavy (non-hydrogen) atoms. The molecule has 0 fully saturated rings. The molecule has 0 bridgehead atoms. The summed E-state index contributed by atoms with van der Waals surface area (Å²) in [6.45, 7) is 0. The number of methoxy groups -OCH3 is 1. The van der Waals surface area contributed by atoms with Gasteiger partial charge in [0.1, 0.15) is 0 Å². The Labute approximate surface area is 134 Å². The predicted molar refractivity (Wildman–Crippen MR) is 84.8 cm³/mol. The molecule has 2 aromatic carbocycles. The summed E-state index contributed by atoms with van der Waals surface area (Å²) in [4.78, 5) is 0. The van der Waals surface area contributed by atoms with Crippen LogP contribution in [0.1, 0.15) is 16.5 Å². The molecule has 0 aliphatic heterocycles. The van der Waals surface area contributed by atoms with E-state index in [9.17, 15) is 4.39 Å². The summed E-state index contributed by atoms with van der Waals surface area (Å²) < 4.78 is 19.5.